The molecule has 0 N–H and O–H groups in total. The van der Waals surface area contributed by atoms with Gasteiger partial charge in [0.1, 0.15) is 6.10 Å². The molecule has 1 heterocycles. The zero-order valence-corrected chi connectivity index (χ0v) is 14.1. The van der Waals surface area contributed by atoms with Crippen LogP contribution in [0.25, 0.3) is 0 Å². The SMILES string of the molecule is C=CCC[C@H](CN(C)CC(=O)N(C)C)Oc1ncc(Cl)cn1. The molecule has 22 heavy (non-hydrogen) atoms. The monoisotopic (exact) mass is 326 g/mol. The molecule has 0 spiro atoms. The van der Waals surface area contributed by atoms with Crippen LogP contribution in [0.4, 0.5) is 0 Å². The second-order valence-electron chi connectivity index (χ2n) is 5.27. The van der Waals surface area contributed by atoms with E-state index in [9.17, 15) is 4.79 Å². The standard InChI is InChI=1S/C15H23ClN4O2/c1-5-6-7-13(10-20(4)11-14(21)19(2)3)22-15-17-8-12(16)9-18-15/h5,8-9,13H,1,6-7,10-11H2,2-4H3/t13-/m1/s1. The van der Waals surface area contributed by atoms with Crippen molar-refractivity contribution in [3.05, 3.63) is 30.1 Å². The first-order valence-corrected chi connectivity index (χ1v) is 7.44. The van der Waals surface area contributed by atoms with E-state index in [1.165, 1.54) is 12.4 Å². The summed E-state index contributed by atoms with van der Waals surface area (Å²) >= 11 is 5.76. The molecule has 0 fully saturated rings. The molecular formula is C15H23ClN4O2. The first-order chi connectivity index (χ1) is 10.4. The Morgan fingerprint density at radius 1 is 1.41 bits per heavy atom. The van der Waals surface area contributed by atoms with E-state index in [0.29, 0.717) is 18.1 Å². The second-order valence-corrected chi connectivity index (χ2v) is 5.71. The maximum absolute atomic E-state index is 11.7. The highest BCUT2D eigenvalue weighted by atomic mass is 35.5. The summed E-state index contributed by atoms with van der Waals surface area (Å²) < 4.78 is 5.79. The predicted molar refractivity (Wildman–Crippen MR) is 87.1 cm³/mol. The number of carbonyl (C=O) groups is 1. The second kappa shape index (κ2) is 9.38. The van der Waals surface area contributed by atoms with Crippen LogP contribution in [0.2, 0.25) is 5.02 Å². The van der Waals surface area contributed by atoms with Gasteiger partial charge in [-0.3, -0.25) is 9.69 Å². The minimum atomic E-state index is -0.126. The fourth-order valence-corrected chi connectivity index (χ4v) is 1.88. The van der Waals surface area contributed by atoms with E-state index >= 15 is 0 Å². The molecule has 0 aliphatic rings. The van der Waals surface area contributed by atoms with E-state index in [1.54, 1.807) is 19.0 Å². The molecule has 1 atom stereocenters. The first-order valence-electron chi connectivity index (χ1n) is 7.06. The Kier molecular flexibility index (Phi) is 7.84. The molecule has 0 saturated carbocycles. The minimum absolute atomic E-state index is 0.0488. The van der Waals surface area contributed by atoms with E-state index in [4.69, 9.17) is 16.3 Å². The maximum Gasteiger partial charge on any atom is 0.316 e. The predicted octanol–water partition coefficient (Wildman–Crippen LogP) is 1.86. The molecule has 1 aromatic heterocycles. The van der Waals surface area contributed by atoms with E-state index in [-0.39, 0.29) is 18.0 Å². The Morgan fingerprint density at radius 2 is 2.05 bits per heavy atom. The van der Waals surface area contributed by atoms with Crippen LogP contribution in [0, 0.1) is 0 Å². The Bertz CT molecular complexity index is 479. The van der Waals surface area contributed by atoms with Crippen LogP contribution >= 0.6 is 11.6 Å². The quantitative estimate of drug-likeness (QED) is 0.648. The summed E-state index contributed by atoms with van der Waals surface area (Å²) in [6.07, 6.45) is 6.29. The van der Waals surface area contributed by atoms with Crippen molar-refractivity contribution in [3.8, 4) is 6.01 Å². The third-order valence-electron chi connectivity index (χ3n) is 2.98. The fraction of sp³-hybridized carbons (Fsp3) is 0.533. The molecule has 0 aliphatic carbocycles. The molecule has 0 aromatic carbocycles. The van der Waals surface area contributed by atoms with Crippen molar-refractivity contribution < 1.29 is 9.53 Å². The zero-order valence-electron chi connectivity index (χ0n) is 13.3. The van der Waals surface area contributed by atoms with Crippen molar-refractivity contribution in [2.75, 3.05) is 34.2 Å². The van der Waals surface area contributed by atoms with E-state index in [1.807, 2.05) is 18.0 Å². The average molecular weight is 327 g/mol. The van der Waals surface area contributed by atoms with Crippen molar-refractivity contribution >= 4 is 17.5 Å². The molecule has 6 nitrogen and oxygen atoms in total. The van der Waals surface area contributed by atoms with Gasteiger partial charge >= 0.3 is 6.01 Å². The zero-order chi connectivity index (χ0) is 16.5. The van der Waals surface area contributed by atoms with Gasteiger partial charge in [-0.1, -0.05) is 17.7 Å². The van der Waals surface area contributed by atoms with Gasteiger partial charge in [-0.2, -0.15) is 0 Å². The third-order valence-corrected chi connectivity index (χ3v) is 3.18. The summed E-state index contributed by atoms with van der Waals surface area (Å²) in [6.45, 7) is 4.66. The molecule has 1 aromatic rings. The summed E-state index contributed by atoms with van der Waals surface area (Å²) in [5.41, 5.74) is 0. The largest absolute Gasteiger partial charge is 0.459 e. The maximum atomic E-state index is 11.7. The molecule has 0 bridgehead atoms. The van der Waals surface area contributed by atoms with E-state index < -0.39 is 0 Å². The summed E-state index contributed by atoms with van der Waals surface area (Å²) in [6, 6.07) is 0.283. The van der Waals surface area contributed by atoms with Crippen molar-refractivity contribution in [2.24, 2.45) is 0 Å². The van der Waals surface area contributed by atoms with Crippen LogP contribution in [0.1, 0.15) is 12.8 Å². The fourth-order valence-electron chi connectivity index (χ4n) is 1.79. The lowest BCUT2D eigenvalue weighted by Crippen LogP contribution is -2.39. The van der Waals surface area contributed by atoms with E-state index in [0.717, 1.165) is 12.8 Å². The number of halogens is 1. The van der Waals surface area contributed by atoms with Gasteiger partial charge in [0.25, 0.3) is 0 Å². The van der Waals surface area contributed by atoms with Crippen molar-refractivity contribution in [3.63, 3.8) is 0 Å². The van der Waals surface area contributed by atoms with Gasteiger partial charge in [-0.15, -0.1) is 6.58 Å². The lowest BCUT2D eigenvalue weighted by molar-refractivity contribution is -0.129. The van der Waals surface area contributed by atoms with Gasteiger partial charge in [0.05, 0.1) is 24.0 Å². The number of amides is 1. The van der Waals surface area contributed by atoms with Crippen LogP contribution in [0.15, 0.2) is 25.0 Å². The normalized spacial score (nSPS) is 12.0. The Morgan fingerprint density at radius 3 is 2.59 bits per heavy atom. The number of nitrogens with zero attached hydrogens (tertiary/aromatic N) is 4. The lowest BCUT2D eigenvalue weighted by Gasteiger charge is -2.24. The van der Waals surface area contributed by atoms with Crippen LogP contribution in [-0.4, -0.2) is 66.0 Å². The molecule has 7 heteroatoms. The Labute approximate surface area is 136 Å². The van der Waals surface area contributed by atoms with Crippen LogP contribution in [0.3, 0.4) is 0 Å². The number of hydrogen-bond donors (Lipinski definition) is 0. The van der Waals surface area contributed by atoms with Crippen molar-refractivity contribution in [1.29, 1.82) is 0 Å². The lowest BCUT2D eigenvalue weighted by atomic mass is 10.2. The number of likely N-dealkylation sites (N-methyl/N-ethyl adjacent to an activating group) is 2. The molecule has 0 saturated heterocycles. The summed E-state index contributed by atoms with van der Waals surface area (Å²) in [7, 11) is 5.36. The van der Waals surface area contributed by atoms with E-state index in [2.05, 4.69) is 16.5 Å². The minimum Gasteiger partial charge on any atom is -0.459 e. The number of ether oxygens (including phenoxy) is 1. The van der Waals surface area contributed by atoms with Crippen molar-refractivity contribution in [2.45, 2.75) is 18.9 Å². The van der Waals surface area contributed by atoms with Crippen LogP contribution in [-0.2, 0) is 4.79 Å². The van der Waals surface area contributed by atoms with Gasteiger partial charge < -0.3 is 9.64 Å². The van der Waals surface area contributed by atoms with Gasteiger partial charge in [-0.25, -0.2) is 9.97 Å². The molecular weight excluding hydrogens is 304 g/mol. The van der Waals surface area contributed by atoms with Gasteiger partial charge in [-0.05, 0) is 19.9 Å². The van der Waals surface area contributed by atoms with Gasteiger partial charge in [0, 0.05) is 20.6 Å². The molecule has 122 valence electrons. The number of carbonyl (C=O) groups excluding carboxylic acids is 1. The van der Waals surface area contributed by atoms with Crippen LogP contribution in [0.5, 0.6) is 6.01 Å². The highest BCUT2D eigenvalue weighted by molar-refractivity contribution is 6.30. The first kappa shape index (κ1) is 18.4. The Balaban J connectivity index is 2.61. The number of allylic oxidation sites excluding steroid dienone is 1. The average Bonchev–Trinajstić information content (AvgIpc) is 2.46. The number of aromatic nitrogens is 2. The molecule has 0 radical (unpaired) electrons. The van der Waals surface area contributed by atoms with Crippen molar-refractivity contribution in [1.82, 2.24) is 19.8 Å². The Hall–Kier alpha value is -1.66. The topological polar surface area (TPSA) is 58.6 Å². The third kappa shape index (κ3) is 6.87. The molecule has 1 amide bonds. The summed E-state index contributed by atoms with van der Waals surface area (Å²) in [4.78, 5) is 23.3. The van der Waals surface area contributed by atoms with Crippen LogP contribution < -0.4 is 4.74 Å². The van der Waals surface area contributed by atoms with Gasteiger partial charge in [0.15, 0.2) is 0 Å². The summed E-state index contributed by atoms with van der Waals surface area (Å²) in [5, 5.41) is 0.462. The molecule has 1 rings (SSSR count). The summed E-state index contributed by atoms with van der Waals surface area (Å²) in [5.74, 6) is 0.0488. The highest BCUT2D eigenvalue weighted by Gasteiger charge is 2.17. The van der Waals surface area contributed by atoms with Gasteiger partial charge in [0.2, 0.25) is 5.91 Å². The molecule has 0 unspecified atom stereocenters. The smallest absolute Gasteiger partial charge is 0.316 e. The highest BCUT2D eigenvalue weighted by Crippen LogP contribution is 2.12. The molecule has 0 aliphatic heterocycles. The number of hydrogen-bond acceptors (Lipinski definition) is 5. The number of rotatable bonds is 9.